The minimum absolute atomic E-state index is 0.0538. The highest BCUT2D eigenvalue weighted by Crippen LogP contribution is 2.35. The summed E-state index contributed by atoms with van der Waals surface area (Å²) in [7, 11) is 0. The van der Waals surface area contributed by atoms with E-state index in [2.05, 4.69) is 21.8 Å². The Labute approximate surface area is 204 Å². The standard InChI is InChI=1S/C22H26N6O2S3/c1-2-9-28-16(25-26-22(28)32-13-17(29)27-10-4-3-5-11-27)12-31-21-23-19(30)18-14-7-6-8-15(14)33-20(18)24-21/h2H,1,3-13H2,(H,23,24,30). The minimum Gasteiger partial charge on any atom is -0.342 e. The Hall–Kier alpha value is -2.11. The number of thiophene rings is 1. The number of amides is 1. The lowest BCUT2D eigenvalue weighted by molar-refractivity contribution is -0.129. The number of fused-ring (bicyclic) bond motifs is 3. The maximum absolute atomic E-state index is 12.7. The summed E-state index contributed by atoms with van der Waals surface area (Å²) >= 11 is 4.50. The van der Waals surface area contributed by atoms with Crippen LogP contribution in [0.25, 0.3) is 10.2 Å². The van der Waals surface area contributed by atoms with Gasteiger partial charge in [-0.05, 0) is 44.1 Å². The summed E-state index contributed by atoms with van der Waals surface area (Å²) in [6, 6.07) is 0. The smallest absolute Gasteiger partial charge is 0.260 e. The lowest BCUT2D eigenvalue weighted by Crippen LogP contribution is -2.36. The molecule has 1 saturated heterocycles. The number of aromatic amines is 1. The fourth-order valence-corrected chi connectivity index (χ4v) is 7.38. The van der Waals surface area contributed by atoms with Crippen molar-refractivity contribution in [3.05, 3.63) is 39.3 Å². The third-order valence-electron chi connectivity index (χ3n) is 6.03. The van der Waals surface area contributed by atoms with Crippen LogP contribution in [0.4, 0.5) is 0 Å². The number of carbonyl (C=O) groups is 1. The Morgan fingerprint density at radius 3 is 2.82 bits per heavy atom. The molecule has 0 atom stereocenters. The van der Waals surface area contributed by atoms with E-state index in [1.54, 1.807) is 17.4 Å². The van der Waals surface area contributed by atoms with Crippen molar-refractivity contribution in [1.29, 1.82) is 0 Å². The number of nitrogens with one attached hydrogen (secondary N) is 1. The molecule has 1 aliphatic heterocycles. The molecule has 0 bridgehead atoms. The molecular weight excluding hydrogens is 476 g/mol. The SMILES string of the molecule is C=CCn1c(CSc2nc3sc4c(c3c(=O)[nH]2)CCC4)nnc1SCC(=O)N1CCCCC1. The van der Waals surface area contributed by atoms with Crippen LogP contribution in [0, 0.1) is 0 Å². The Bertz CT molecular complexity index is 1240. The van der Waals surface area contributed by atoms with E-state index in [-0.39, 0.29) is 11.5 Å². The predicted octanol–water partition coefficient (Wildman–Crippen LogP) is 3.65. The molecule has 0 radical (unpaired) electrons. The van der Waals surface area contributed by atoms with Gasteiger partial charge in [0.1, 0.15) is 10.7 Å². The van der Waals surface area contributed by atoms with E-state index in [4.69, 9.17) is 4.98 Å². The van der Waals surface area contributed by atoms with Gasteiger partial charge in [-0.1, -0.05) is 29.6 Å². The van der Waals surface area contributed by atoms with Crippen molar-refractivity contribution < 1.29 is 4.79 Å². The van der Waals surface area contributed by atoms with Gasteiger partial charge in [-0.15, -0.1) is 28.1 Å². The monoisotopic (exact) mass is 502 g/mol. The zero-order valence-electron chi connectivity index (χ0n) is 18.3. The predicted molar refractivity (Wildman–Crippen MR) is 133 cm³/mol. The molecule has 3 aromatic heterocycles. The molecule has 33 heavy (non-hydrogen) atoms. The highest BCUT2D eigenvalue weighted by molar-refractivity contribution is 7.99. The molecule has 174 valence electrons. The van der Waals surface area contributed by atoms with Gasteiger partial charge in [0.05, 0.1) is 16.9 Å². The van der Waals surface area contributed by atoms with Crippen LogP contribution in [-0.2, 0) is 29.9 Å². The lowest BCUT2D eigenvalue weighted by Gasteiger charge is -2.26. The van der Waals surface area contributed by atoms with Crippen LogP contribution in [0.15, 0.2) is 27.8 Å². The van der Waals surface area contributed by atoms with Crippen LogP contribution in [0.5, 0.6) is 0 Å². The van der Waals surface area contributed by atoms with Crippen LogP contribution >= 0.6 is 34.9 Å². The molecule has 0 saturated carbocycles. The van der Waals surface area contributed by atoms with Crippen LogP contribution in [-0.4, -0.2) is 54.4 Å². The molecule has 3 aromatic rings. The first-order chi connectivity index (χ1) is 16.1. The molecule has 0 spiro atoms. The first kappa shape index (κ1) is 22.7. The number of aryl methyl sites for hydroxylation is 2. The summed E-state index contributed by atoms with van der Waals surface area (Å²) in [6.07, 6.45) is 8.30. The molecule has 11 heteroatoms. The Morgan fingerprint density at radius 2 is 2.00 bits per heavy atom. The van der Waals surface area contributed by atoms with Crippen molar-refractivity contribution >= 4 is 51.0 Å². The number of thioether (sulfide) groups is 2. The number of hydrogen-bond donors (Lipinski definition) is 1. The zero-order chi connectivity index (χ0) is 22.8. The Balaban J connectivity index is 1.27. The minimum atomic E-state index is -0.0538. The summed E-state index contributed by atoms with van der Waals surface area (Å²) in [5.74, 6) is 1.80. The van der Waals surface area contributed by atoms with Gasteiger partial charge in [0.2, 0.25) is 5.91 Å². The molecule has 8 nitrogen and oxygen atoms in total. The molecule has 0 unspecified atom stereocenters. The van der Waals surface area contributed by atoms with Crippen LogP contribution in [0.1, 0.15) is 41.9 Å². The number of aromatic nitrogens is 5. The van der Waals surface area contributed by atoms with Crippen molar-refractivity contribution in [3.8, 4) is 0 Å². The quantitative estimate of drug-likeness (QED) is 0.285. The van der Waals surface area contributed by atoms with Crippen molar-refractivity contribution in [2.45, 2.75) is 61.1 Å². The number of carbonyl (C=O) groups excluding carboxylic acids is 1. The number of hydrogen-bond acceptors (Lipinski definition) is 8. The van der Waals surface area contributed by atoms with Crippen LogP contribution in [0.3, 0.4) is 0 Å². The van der Waals surface area contributed by atoms with Gasteiger partial charge in [-0.25, -0.2) is 4.98 Å². The van der Waals surface area contributed by atoms with Gasteiger partial charge < -0.3 is 14.5 Å². The summed E-state index contributed by atoms with van der Waals surface area (Å²) < 4.78 is 1.98. The van der Waals surface area contributed by atoms with E-state index in [9.17, 15) is 9.59 Å². The van der Waals surface area contributed by atoms with Gasteiger partial charge in [-0.3, -0.25) is 9.59 Å². The average Bonchev–Trinajstić information content (AvgIpc) is 3.52. The molecular formula is C22H26N6O2S3. The van der Waals surface area contributed by atoms with Crippen molar-refractivity contribution in [2.24, 2.45) is 0 Å². The molecule has 1 N–H and O–H groups in total. The fourth-order valence-electron chi connectivity index (χ4n) is 4.39. The van der Waals surface area contributed by atoms with Crippen molar-refractivity contribution in [3.63, 3.8) is 0 Å². The Morgan fingerprint density at radius 1 is 1.15 bits per heavy atom. The van der Waals surface area contributed by atoms with Crippen LogP contribution in [0.2, 0.25) is 0 Å². The molecule has 0 aromatic carbocycles. The molecule has 1 amide bonds. The highest BCUT2D eigenvalue weighted by atomic mass is 32.2. The maximum Gasteiger partial charge on any atom is 0.260 e. The van der Waals surface area contributed by atoms with E-state index < -0.39 is 0 Å². The molecule has 2 aliphatic rings. The molecule has 1 fully saturated rings. The number of rotatable bonds is 8. The zero-order valence-corrected chi connectivity index (χ0v) is 20.8. The number of H-pyrrole nitrogens is 1. The van der Waals surface area contributed by atoms with Gasteiger partial charge in [0, 0.05) is 24.5 Å². The molecule has 1 aliphatic carbocycles. The largest absolute Gasteiger partial charge is 0.342 e. The second-order valence-corrected chi connectivity index (χ2v) is 11.2. The number of nitrogens with zero attached hydrogens (tertiary/aromatic N) is 5. The average molecular weight is 503 g/mol. The highest BCUT2D eigenvalue weighted by Gasteiger charge is 2.22. The normalized spacial score (nSPS) is 15.8. The third-order valence-corrected chi connectivity index (χ3v) is 9.04. The topological polar surface area (TPSA) is 96.8 Å². The van der Waals surface area contributed by atoms with E-state index in [1.165, 1.54) is 40.4 Å². The van der Waals surface area contributed by atoms with Crippen LogP contribution < -0.4 is 5.56 Å². The number of piperidine rings is 1. The summed E-state index contributed by atoms with van der Waals surface area (Å²) in [5.41, 5.74) is 1.13. The lowest BCUT2D eigenvalue weighted by atomic mass is 10.1. The second-order valence-electron chi connectivity index (χ2n) is 8.23. The third kappa shape index (κ3) is 4.76. The van der Waals surface area contributed by atoms with E-state index in [0.717, 1.165) is 61.2 Å². The van der Waals surface area contributed by atoms with E-state index in [0.29, 0.717) is 28.4 Å². The molecule has 4 heterocycles. The summed E-state index contributed by atoms with van der Waals surface area (Å²) in [6.45, 7) is 6.11. The maximum atomic E-state index is 12.7. The first-order valence-corrected chi connectivity index (χ1v) is 14.0. The fraction of sp³-hybridized carbons (Fsp3) is 0.500. The van der Waals surface area contributed by atoms with Gasteiger partial charge in [0.25, 0.3) is 5.56 Å². The molecule has 5 rings (SSSR count). The van der Waals surface area contributed by atoms with Crippen molar-refractivity contribution in [2.75, 3.05) is 18.8 Å². The summed E-state index contributed by atoms with van der Waals surface area (Å²) in [5, 5.41) is 10.7. The van der Waals surface area contributed by atoms with Gasteiger partial charge in [-0.2, -0.15) is 0 Å². The van der Waals surface area contributed by atoms with Gasteiger partial charge >= 0.3 is 0 Å². The number of likely N-dealkylation sites (tertiary alicyclic amines) is 1. The number of allylic oxidation sites excluding steroid dienone is 1. The first-order valence-electron chi connectivity index (χ1n) is 11.2. The Kier molecular flexibility index (Phi) is 6.89. The summed E-state index contributed by atoms with van der Waals surface area (Å²) in [4.78, 5) is 36.9. The second kappa shape index (κ2) is 10.0. The van der Waals surface area contributed by atoms with Crippen molar-refractivity contribution in [1.82, 2.24) is 29.6 Å². The van der Waals surface area contributed by atoms with E-state index >= 15 is 0 Å². The van der Waals surface area contributed by atoms with E-state index in [1.807, 2.05) is 9.47 Å². The van der Waals surface area contributed by atoms with Gasteiger partial charge in [0.15, 0.2) is 10.3 Å².